The molecule has 0 fully saturated rings. The van der Waals surface area contributed by atoms with Crippen LogP contribution in [0.15, 0.2) is 24.3 Å². The number of aryl methyl sites for hydroxylation is 1. The van der Waals surface area contributed by atoms with E-state index in [0.29, 0.717) is 6.61 Å². The number of halogens is 1. The van der Waals surface area contributed by atoms with Crippen molar-refractivity contribution in [1.82, 2.24) is 4.57 Å². The van der Waals surface area contributed by atoms with E-state index in [1.54, 1.807) is 6.07 Å². The van der Waals surface area contributed by atoms with Crippen molar-refractivity contribution in [2.24, 2.45) is 5.90 Å². The van der Waals surface area contributed by atoms with Crippen LogP contribution in [0, 0.1) is 5.82 Å². The predicted molar refractivity (Wildman–Crippen MR) is 56.5 cm³/mol. The fourth-order valence-corrected chi connectivity index (χ4v) is 1.88. The fraction of sp³-hybridized carbons (Fsp3) is 0.273. The van der Waals surface area contributed by atoms with E-state index in [4.69, 9.17) is 5.90 Å². The molecule has 0 saturated heterocycles. The van der Waals surface area contributed by atoms with Crippen molar-refractivity contribution >= 4 is 10.9 Å². The summed E-state index contributed by atoms with van der Waals surface area (Å²) < 4.78 is 15.1. The molecule has 0 aliphatic heterocycles. The van der Waals surface area contributed by atoms with Gasteiger partial charge in [-0.1, -0.05) is 0 Å². The first-order chi connectivity index (χ1) is 7.26. The van der Waals surface area contributed by atoms with E-state index in [1.807, 2.05) is 13.0 Å². The third-order valence-electron chi connectivity index (χ3n) is 2.50. The molecule has 4 heteroatoms. The molecule has 3 nitrogen and oxygen atoms in total. The summed E-state index contributed by atoms with van der Waals surface area (Å²) in [5.74, 6) is 4.82. The number of nitrogens with two attached hydrogens (primary N) is 1. The van der Waals surface area contributed by atoms with Crippen LogP contribution in [0.5, 0.6) is 0 Å². The first-order valence-electron chi connectivity index (χ1n) is 4.85. The Hall–Kier alpha value is -1.39. The van der Waals surface area contributed by atoms with Crippen molar-refractivity contribution in [2.45, 2.75) is 20.1 Å². The quantitative estimate of drug-likeness (QED) is 0.785. The molecular formula is C11H13FN2O. The second-order valence-electron chi connectivity index (χ2n) is 3.39. The standard InChI is InChI=1S/C11H13FN2O/c1-2-14-10(7-15-13)6-8-5-9(12)3-4-11(8)14/h3-6H,2,7,13H2,1H3. The minimum atomic E-state index is -0.226. The number of fused-ring (bicyclic) bond motifs is 1. The lowest BCUT2D eigenvalue weighted by Gasteiger charge is -2.06. The fourth-order valence-electron chi connectivity index (χ4n) is 1.88. The highest BCUT2D eigenvalue weighted by Gasteiger charge is 2.07. The number of nitrogens with zero attached hydrogens (tertiary/aromatic N) is 1. The Balaban J connectivity index is 2.62. The molecule has 0 amide bonds. The highest BCUT2D eigenvalue weighted by Crippen LogP contribution is 2.21. The molecule has 0 radical (unpaired) electrons. The number of benzene rings is 1. The summed E-state index contributed by atoms with van der Waals surface area (Å²) in [6.45, 7) is 3.18. The van der Waals surface area contributed by atoms with Gasteiger partial charge in [0.05, 0.1) is 0 Å². The van der Waals surface area contributed by atoms with Gasteiger partial charge in [0.2, 0.25) is 0 Å². The third-order valence-corrected chi connectivity index (χ3v) is 2.50. The molecule has 2 rings (SSSR count). The average Bonchev–Trinajstić information content (AvgIpc) is 2.54. The van der Waals surface area contributed by atoms with E-state index in [0.717, 1.165) is 23.1 Å². The van der Waals surface area contributed by atoms with Crippen LogP contribution in [0.2, 0.25) is 0 Å². The zero-order valence-electron chi connectivity index (χ0n) is 8.53. The Morgan fingerprint density at radius 2 is 2.20 bits per heavy atom. The topological polar surface area (TPSA) is 40.2 Å². The van der Waals surface area contributed by atoms with Crippen LogP contribution in [-0.2, 0) is 18.0 Å². The summed E-state index contributed by atoms with van der Waals surface area (Å²) in [4.78, 5) is 4.62. The van der Waals surface area contributed by atoms with Crippen LogP contribution in [0.25, 0.3) is 10.9 Å². The zero-order valence-corrected chi connectivity index (χ0v) is 8.53. The highest BCUT2D eigenvalue weighted by atomic mass is 19.1. The molecule has 0 aliphatic carbocycles. The Bertz CT molecular complexity index is 479. The molecule has 0 aliphatic rings. The molecule has 0 spiro atoms. The van der Waals surface area contributed by atoms with Crippen LogP contribution < -0.4 is 5.90 Å². The molecule has 0 unspecified atom stereocenters. The van der Waals surface area contributed by atoms with Crippen LogP contribution in [0.1, 0.15) is 12.6 Å². The second kappa shape index (κ2) is 4.00. The van der Waals surface area contributed by atoms with Crippen molar-refractivity contribution < 1.29 is 9.23 Å². The van der Waals surface area contributed by atoms with Crippen molar-refractivity contribution in [3.05, 3.63) is 35.8 Å². The van der Waals surface area contributed by atoms with Crippen LogP contribution in [0.4, 0.5) is 4.39 Å². The van der Waals surface area contributed by atoms with Gasteiger partial charge in [0.25, 0.3) is 0 Å². The normalized spacial score (nSPS) is 11.1. The van der Waals surface area contributed by atoms with Crippen molar-refractivity contribution in [3.8, 4) is 0 Å². The molecule has 15 heavy (non-hydrogen) atoms. The largest absolute Gasteiger partial charge is 0.343 e. The van der Waals surface area contributed by atoms with E-state index in [2.05, 4.69) is 9.40 Å². The highest BCUT2D eigenvalue weighted by molar-refractivity contribution is 5.81. The summed E-state index contributed by atoms with van der Waals surface area (Å²) >= 11 is 0. The number of hydrogen-bond donors (Lipinski definition) is 1. The lowest BCUT2D eigenvalue weighted by Crippen LogP contribution is -2.05. The smallest absolute Gasteiger partial charge is 0.123 e. The average molecular weight is 208 g/mol. The van der Waals surface area contributed by atoms with Crippen LogP contribution in [-0.4, -0.2) is 4.57 Å². The van der Waals surface area contributed by atoms with Crippen molar-refractivity contribution in [1.29, 1.82) is 0 Å². The number of rotatable bonds is 3. The van der Waals surface area contributed by atoms with E-state index in [1.165, 1.54) is 12.1 Å². The van der Waals surface area contributed by atoms with Crippen LogP contribution >= 0.6 is 0 Å². The lowest BCUT2D eigenvalue weighted by atomic mass is 10.2. The SMILES string of the molecule is CCn1c(CON)cc2cc(F)ccc21. The maximum Gasteiger partial charge on any atom is 0.123 e. The van der Waals surface area contributed by atoms with Gasteiger partial charge in [0.1, 0.15) is 12.4 Å². The Morgan fingerprint density at radius 3 is 2.87 bits per heavy atom. The Labute approximate surface area is 87.2 Å². The zero-order chi connectivity index (χ0) is 10.8. The molecule has 2 N–H and O–H groups in total. The Kier molecular flexibility index (Phi) is 2.70. The molecule has 1 aromatic carbocycles. The van der Waals surface area contributed by atoms with Gasteiger partial charge >= 0.3 is 0 Å². The van der Waals surface area contributed by atoms with Gasteiger partial charge in [-0.3, -0.25) is 4.84 Å². The molecule has 1 heterocycles. The maximum absolute atomic E-state index is 13.0. The molecule has 80 valence electrons. The third kappa shape index (κ3) is 1.73. The van der Waals surface area contributed by atoms with Gasteiger partial charge in [-0.25, -0.2) is 10.3 Å². The van der Waals surface area contributed by atoms with Crippen LogP contribution in [0.3, 0.4) is 0 Å². The van der Waals surface area contributed by atoms with E-state index >= 15 is 0 Å². The van der Waals surface area contributed by atoms with Gasteiger partial charge in [0.15, 0.2) is 0 Å². The number of aromatic nitrogens is 1. The van der Waals surface area contributed by atoms with Gasteiger partial charge in [-0.15, -0.1) is 0 Å². The van der Waals surface area contributed by atoms with Gasteiger partial charge in [0, 0.05) is 23.1 Å². The van der Waals surface area contributed by atoms with Crippen molar-refractivity contribution in [3.63, 3.8) is 0 Å². The first-order valence-corrected chi connectivity index (χ1v) is 4.85. The maximum atomic E-state index is 13.0. The van der Waals surface area contributed by atoms with Gasteiger partial charge in [-0.05, 0) is 31.2 Å². The minimum absolute atomic E-state index is 0.226. The van der Waals surface area contributed by atoms with Gasteiger partial charge in [-0.2, -0.15) is 0 Å². The molecule has 2 aromatic rings. The monoisotopic (exact) mass is 208 g/mol. The molecule has 0 bridgehead atoms. The minimum Gasteiger partial charge on any atom is -0.343 e. The summed E-state index contributed by atoms with van der Waals surface area (Å²) in [5.41, 5.74) is 1.96. The Morgan fingerprint density at radius 1 is 1.40 bits per heavy atom. The van der Waals surface area contributed by atoms with Crippen molar-refractivity contribution in [2.75, 3.05) is 0 Å². The summed E-state index contributed by atoms with van der Waals surface area (Å²) in [7, 11) is 0. The number of hydrogen-bond acceptors (Lipinski definition) is 2. The molecular weight excluding hydrogens is 195 g/mol. The molecule has 0 saturated carbocycles. The second-order valence-corrected chi connectivity index (χ2v) is 3.39. The lowest BCUT2D eigenvalue weighted by molar-refractivity contribution is 0.119. The van der Waals surface area contributed by atoms with E-state index in [9.17, 15) is 4.39 Å². The molecule has 0 atom stereocenters. The summed E-state index contributed by atoms with van der Waals surface area (Å²) in [6.07, 6.45) is 0. The predicted octanol–water partition coefficient (Wildman–Crippen LogP) is 2.19. The van der Waals surface area contributed by atoms with Gasteiger partial charge < -0.3 is 4.57 Å². The van der Waals surface area contributed by atoms with E-state index in [-0.39, 0.29) is 5.82 Å². The summed E-state index contributed by atoms with van der Waals surface area (Å²) in [6, 6.07) is 6.64. The first kappa shape index (κ1) is 10.1. The molecule has 1 aromatic heterocycles. The van der Waals surface area contributed by atoms with E-state index < -0.39 is 0 Å². The summed E-state index contributed by atoms with van der Waals surface area (Å²) in [5, 5.41) is 0.879.